The van der Waals surface area contributed by atoms with Crippen molar-refractivity contribution >= 4 is 29.9 Å². The van der Waals surface area contributed by atoms with Gasteiger partial charge >= 0.3 is 6.18 Å². The number of halogens is 4. The second-order valence-corrected chi connectivity index (χ2v) is 6.87. The molecular weight excluding hydrogens is 484 g/mol. The van der Waals surface area contributed by atoms with Crippen LogP contribution in [0.4, 0.5) is 13.2 Å². The highest BCUT2D eigenvalue weighted by molar-refractivity contribution is 14.0. The number of ether oxygens (including phenoxy) is 1. The smallest absolute Gasteiger partial charge is 0.422 e. The van der Waals surface area contributed by atoms with Crippen LogP contribution in [0.2, 0.25) is 0 Å². The lowest BCUT2D eigenvalue weighted by Gasteiger charge is -2.18. The molecule has 2 rings (SSSR count). The van der Waals surface area contributed by atoms with Gasteiger partial charge in [0.05, 0.1) is 0 Å². The van der Waals surface area contributed by atoms with Gasteiger partial charge in [0, 0.05) is 32.2 Å². The Labute approximate surface area is 182 Å². The van der Waals surface area contributed by atoms with Crippen LogP contribution in [0.5, 0.6) is 5.75 Å². The van der Waals surface area contributed by atoms with E-state index in [1.165, 1.54) is 0 Å². The largest absolute Gasteiger partial charge is 0.484 e. The normalized spacial score (nSPS) is 17.9. The molecule has 0 aromatic heterocycles. The summed E-state index contributed by atoms with van der Waals surface area (Å²) in [5.74, 6) is 1.45. The van der Waals surface area contributed by atoms with Gasteiger partial charge in [-0.3, -0.25) is 4.99 Å². The molecule has 5 nitrogen and oxygen atoms in total. The minimum atomic E-state index is -4.36. The zero-order valence-electron chi connectivity index (χ0n) is 16.6. The molecular formula is C19H30F3IN4O. The van der Waals surface area contributed by atoms with Gasteiger partial charge in [-0.1, -0.05) is 19.1 Å². The van der Waals surface area contributed by atoms with Crippen molar-refractivity contribution in [2.75, 3.05) is 39.8 Å². The predicted molar refractivity (Wildman–Crippen MR) is 117 cm³/mol. The monoisotopic (exact) mass is 514 g/mol. The van der Waals surface area contributed by atoms with Crippen molar-refractivity contribution in [3.63, 3.8) is 0 Å². The van der Waals surface area contributed by atoms with E-state index in [1.807, 2.05) is 13.0 Å². The van der Waals surface area contributed by atoms with E-state index >= 15 is 0 Å². The summed E-state index contributed by atoms with van der Waals surface area (Å²) in [7, 11) is 1.68. The summed E-state index contributed by atoms with van der Waals surface area (Å²) in [6.45, 7) is 7.10. The van der Waals surface area contributed by atoms with Crippen LogP contribution >= 0.6 is 24.0 Å². The fourth-order valence-corrected chi connectivity index (χ4v) is 3.11. The fourth-order valence-electron chi connectivity index (χ4n) is 3.11. The molecule has 0 radical (unpaired) electrons. The highest BCUT2D eigenvalue weighted by atomic mass is 127. The minimum absolute atomic E-state index is 0. The summed E-state index contributed by atoms with van der Waals surface area (Å²) < 4.78 is 42.4. The van der Waals surface area contributed by atoms with E-state index in [-0.39, 0.29) is 29.7 Å². The SMILES string of the molecule is CCN1CCC(CNC(=NC)NCc2ccc(C)cc2OCC(F)(F)F)C1.I. The first kappa shape index (κ1) is 24.8. The molecule has 1 aliphatic rings. The van der Waals surface area contributed by atoms with Crippen LogP contribution in [0.1, 0.15) is 24.5 Å². The number of benzene rings is 1. The van der Waals surface area contributed by atoms with Crippen molar-refractivity contribution in [1.29, 1.82) is 0 Å². The standard InChI is InChI=1S/C19H29F3N4O.HI/c1-4-26-8-7-15(12-26)10-24-18(23-3)25-11-16-6-5-14(2)9-17(16)27-13-19(20,21)22;/h5-6,9,15H,4,7-8,10-13H2,1-3H3,(H2,23,24,25);1H. The highest BCUT2D eigenvalue weighted by Gasteiger charge is 2.29. The molecule has 1 aromatic rings. The average Bonchev–Trinajstić information content (AvgIpc) is 3.08. The summed E-state index contributed by atoms with van der Waals surface area (Å²) in [5, 5.41) is 6.46. The van der Waals surface area contributed by atoms with Gasteiger partial charge in [-0.15, -0.1) is 24.0 Å². The van der Waals surface area contributed by atoms with Crippen LogP contribution in [-0.4, -0.2) is 56.9 Å². The summed E-state index contributed by atoms with van der Waals surface area (Å²) >= 11 is 0. The van der Waals surface area contributed by atoms with Crippen molar-refractivity contribution in [2.24, 2.45) is 10.9 Å². The van der Waals surface area contributed by atoms with E-state index in [4.69, 9.17) is 4.74 Å². The average molecular weight is 514 g/mol. The van der Waals surface area contributed by atoms with Crippen LogP contribution in [-0.2, 0) is 6.54 Å². The molecule has 0 amide bonds. The maximum atomic E-state index is 12.5. The van der Waals surface area contributed by atoms with Gasteiger partial charge in [-0.25, -0.2) is 0 Å². The van der Waals surface area contributed by atoms with Gasteiger partial charge in [-0.2, -0.15) is 13.2 Å². The number of hydrogen-bond donors (Lipinski definition) is 2. The second kappa shape index (κ2) is 11.7. The molecule has 9 heteroatoms. The third kappa shape index (κ3) is 8.42. The number of aryl methyl sites for hydroxylation is 1. The molecule has 1 unspecified atom stereocenters. The van der Waals surface area contributed by atoms with Gasteiger partial charge in [-0.05, 0) is 44.0 Å². The van der Waals surface area contributed by atoms with Gasteiger partial charge in [0.1, 0.15) is 5.75 Å². The van der Waals surface area contributed by atoms with Gasteiger partial charge < -0.3 is 20.3 Å². The molecule has 1 aliphatic heterocycles. The molecule has 2 N–H and O–H groups in total. The quantitative estimate of drug-likeness (QED) is 0.332. The van der Waals surface area contributed by atoms with Crippen molar-refractivity contribution in [3.8, 4) is 5.75 Å². The second-order valence-electron chi connectivity index (χ2n) is 6.87. The number of hydrogen-bond acceptors (Lipinski definition) is 3. The number of nitrogens with zero attached hydrogens (tertiary/aromatic N) is 2. The number of guanidine groups is 1. The summed E-state index contributed by atoms with van der Waals surface area (Å²) in [6.07, 6.45) is -3.20. The molecule has 1 atom stereocenters. The van der Waals surface area contributed by atoms with Crippen molar-refractivity contribution in [2.45, 2.75) is 33.0 Å². The molecule has 1 saturated heterocycles. The lowest BCUT2D eigenvalue weighted by Crippen LogP contribution is -2.40. The van der Waals surface area contributed by atoms with E-state index in [1.54, 1.807) is 19.2 Å². The minimum Gasteiger partial charge on any atom is -0.484 e. The van der Waals surface area contributed by atoms with Crippen LogP contribution in [0.25, 0.3) is 0 Å². The Hall–Kier alpha value is -1.23. The highest BCUT2D eigenvalue weighted by Crippen LogP contribution is 2.23. The van der Waals surface area contributed by atoms with Crippen LogP contribution in [0.3, 0.4) is 0 Å². The third-order valence-corrected chi connectivity index (χ3v) is 4.66. The molecule has 0 spiro atoms. The Morgan fingerprint density at radius 1 is 1.32 bits per heavy atom. The molecule has 28 heavy (non-hydrogen) atoms. The van der Waals surface area contributed by atoms with Crippen molar-refractivity contribution in [3.05, 3.63) is 29.3 Å². The zero-order chi connectivity index (χ0) is 19.9. The summed E-state index contributed by atoms with van der Waals surface area (Å²) in [4.78, 5) is 6.61. The number of aliphatic imine (C=N–C) groups is 1. The van der Waals surface area contributed by atoms with Gasteiger partial charge in [0.25, 0.3) is 0 Å². The zero-order valence-corrected chi connectivity index (χ0v) is 18.9. The molecule has 0 saturated carbocycles. The Kier molecular flexibility index (Phi) is 10.4. The maximum absolute atomic E-state index is 12.5. The van der Waals surface area contributed by atoms with Gasteiger partial charge in [0.15, 0.2) is 12.6 Å². The molecule has 160 valence electrons. The van der Waals surface area contributed by atoms with Gasteiger partial charge in [0.2, 0.25) is 0 Å². The predicted octanol–water partition coefficient (Wildman–Crippen LogP) is 3.56. The maximum Gasteiger partial charge on any atom is 0.422 e. The topological polar surface area (TPSA) is 48.9 Å². The van der Waals surface area contributed by atoms with Crippen LogP contribution < -0.4 is 15.4 Å². The molecule has 1 heterocycles. The van der Waals surface area contributed by atoms with Crippen LogP contribution in [0, 0.1) is 12.8 Å². The van der Waals surface area contributed by atoms with Crippen molar-refractivity contribution < 1.29 is 17.9 Å². The first-order valence-corrected chi connectivity index (χ1v) is 9.26. The van der Waals surface area contributed by atoms with E-state index in [9.17, 15) is 13.2 Å². The van der Waals surface area contributed by atoms with Crippen molar-refractivity contribution in [1.82, 2.24) is 15.5 Å². The van der Waals surface area contributed by atoms with E-state index in [0.717, 1.165) is 38.2 Å². The Balaban J connectivity index is 0.00000392. The lowest BCUT2D eigenvalue weighted by atomic mass is 10.1. The lowest BCUT2D eigenvalue weighted by molar-refractivity contribution is -0.153. The first-order valence-electron chi connectivity index (χ1n) is 9.26. The third-order valence-electron chi connectivity index (χ3n) is 4.66. The van der Waals surface area contributed by atoms with E-state index in [0.29, 0.717) is 24.0 Å². The Morgan fingerprint density at radius 3 is 2.68 bits per heavy atom. The summed E-state index contributed by atoms with van der Waals surface area (Å²) in [5.41, 5.74) is 1.51. The van der Waals surface area contributed by atoms with E-state index in [2.05, 4.69) is 27.4 Å². The Morgan fingerprint density at radius 2 is 2.07 bits per heavy atom. The molecule has 0 bridgehead atoms. The number of alkyl halides is 3. The summed E-state index contributed by atoms with van der Waals surface area (Å²) in [6, 6.07) is 5.25. The number of likely N-dealkylation sites (tertiary alicyclic amines) is 1. The van der Waals surface area contributed by atoms with Crippen LogP contribution in [0.15, 0.2) is 23.2 Å². The number of nitrogens with one attached hydrogen (secondary N) is 2. The van der Waals surface area contributed by atoms with E-state index < -0.39 is 12.8 Å². The fraction of sp³-hybridized carbons (Fsp3) is 0.632. The first-order chi connectivity index (χ1) is 12.8. The Bertz CT molecular complexity index is 640. The molecule has 1 fully saturated rings. The number of rotatable bonds is 7. The molecule has 1 aromatic carbocycles. The molecule has 0 aliphatic carbocycles.